The number of benzene rings is 2. The van der Waals surface area contributed by atoms with Crippen molar-refractivity contribution in [3.63, 3.8) is 0 Å². The summed E-state index contributed by atoms with van der Waals surface area (Å²) in [6, 6.07) is 16.5. The van der Waals surface area contributed by atoms with Gasteiger partial charge in [-0.05, 0) is 42.5 Å². The number of carbonyl (C=O) groups excluding carboxylic acids is 2. The van der Waals surface area contributed by atoms with Gasteiger partial charge in [0.1, 0.15) is 0 Å². The number of aromatic nitrogens is 1. The summed E-state index contributed by atoms with van der Waals surface area (Å²) in [6.45, 7) is 0. The van der Waals surface area contributed by atoms with Crippen molar-refractivity contribution in [1.82, 2.24) is 4.98 Å². The maximum atomic E-state index is 12.8. The van der Waals surface area contributed by atoms with Gasteiger partial charge in [0, 0.05) is 28.6 Å². The first-order valence-electron chi connectivity index (χ1n) is 8.04. The summed E-state index contributed by atoms with van der Waals surface area (Å²) >= 11 is 1.53. The molecule has 0 bridgehead atoms. The van der Waals surface area contributed by atoms with Crippen LogP contribution in [0.5, 0.6) is 0 Å². The average molecular weight is 361 g/mol. The van der Waals surface area contributed by atoms with E-state index in [0.717, 1.165) is 15.5 Å². The van der Waals surface area contributed by atoms with Gasteiger partial charge in [0.15, 0.2) is 0 Å². The first kappa shape index (κ1) is 16.4. The lowest BCUT2D eigenvalue weighted by Gasteiger charge is -2.18. The van der Waals surface area contributed by atoms with Crippen LogP contribution in [-0.4, -0.2) is 23.8 Å². The summed E-state index contributed by atoms with van der Waals surface area (Å²) in [4.78, 5) is 32.7. The molecule has 0 unspecified atom stereocenters. The van der Waals surface area contributed by atoms with Gasteiger partial charge in [0.05, 0.1) is 23.1 Å². The Morgan fingerprint density at radius 3 is 2.73 bits per heavy atom. The third kappa shape index (κ3) is 2.95. The van der Waals surface area contributed by atoms with Gasteiger partial charge in [-0.3, -0.25) is 14.6 Å². The molecule has 2 heterocycles. The van der Waals surface area contributed by atoms with E-state index in [9.17, 15) is 9.59 Å². The summed E-state index contributed by atoms with van der Waals surface area (Å²) in [5.41, 5.74) is 2.49. The van der Waals surface area contributed by atoms with Crippen molar-refractivity contribution in [2.24, 2.45) is 0 Å². The van der Waals surface area contributed by atoms with Crippen LogP contribution in [-0.2, 0) is 0 Å². The second-order valence-electron chi connectivity index (χ2n) is 5.84. The van der Waals surface area contributed by atoms with Crippen molar-refractivity contribution < 1.29 is 9.59 Å². The summed E-state index contributed by atoms with van der Waals surface area (Å²) in [7, 11) is 1.73. The molecule has 0 aliphatic carbocycles. The van der Waals surface area contributed by atoms with Crippen LogP contribution in [0.3, 0.4) is 0 Å². The molecule has 1 aromatic heterocycles. The number of carbonyl (C=O) groups is 2. The van der Waals surface area contributed by atoms with Gasteiger partial charge in [-0.2, -0.15) is 0 Å². The Morgan fingerprint density at radius 2 is 1.92 bits per heavy atom. The average Bonchev–Trinajstić information content (AvgIpc) is 2.78. The normalized spacial score (nSPS) is 12.8. The van der Waals surface area contributed by atoms with Crippen LogP contribution < -0.4 is 10.2 Å². The van der Waals surface area contributed by atoms with Crippen molar-refractivity contribution >= 4 is 35.0 Å². The highest BCUT2D eigenvalue weighted by Gasteiger charge is 2.25. The van der Waals surface area contributed by atoms with Gasteiger partial charge in [-0.25, -0.2) is 0 Å². The van der Waals surface area contributed by atoms with E-state index in [4.69, 9.17) is 0 Å². The molecule has 0 atom stereocenters. The SMILES string of the molecule is CN1C(=O)c2ccccc2Sc2ccc(C(=O)Nc3cccnc3)cc21. The topological polar surface area (TPSA) is 62.3 Å². The van der Waals surface area contributed by atoms with Crippen LogP contribution in [0.15, 0.2) is 76.8 Å². The number of hydrogen-bond donors (Lipinski definition) is 1. The number of hydrogen-bond acceptors (Lipinski definition) is 4. The molecule has 2 amide bonds. The van der Waals surface area contributed by atoms with E-state index in [-0.39, 0.29) is 11.8 Å². The quantitative estimate of drug-likeness (QED) is 0.747. The van der Waals surface area contributed by atoms with Gasteiger partial charge < -0.3 is 10.2 Å². The van der Waals surface area contributed by atoms with Crippen molar-refractivity contribution in [1.29, 1.82) is 0 Å². The third-order valence-electron chi connectivity index (χ3n) is 4.14. The summed E-state index contributed by atoms with van der Waals surface area (Å²) in [6.07, 6.45) is 3.23. The van der Waals surface area contributed by atoms with E-state index in [0.29, 0.717) is 16.8 Å². The van der Waals surface area contributed by atoms with Crippen molar-refractivity contribution in [2.45, 2.75) is 9.79 Å². The molecule has 2 aromatic carbocycles. The zero-order valence-electron chi connectivity index (χ0n) is 14.0. The summed E-state index contributed by atoms with van der Waals surface area (Å²) in [5.74, 6) is -0.329. The van der Waals surface area contributed by atoms with Crippen LogP contribution >= 0.6 is 11.8 Å². The second kappa shape index (κ2) is 6.65. The fourth-order valence-corrected chi connectivity index (χ4v) is 3.87. The van der Waals surface area contributed by atoms with E-state index < -0.39 is 0 Å². The lowest BCUT2D eigenvalue weighted by atomic mass is 10.1. The Bertz CT molecular complexity index is 1000. The zero-order valence-corrected chi connectivity index (χ0v) is 14.8. The Labute approximate surface area is 155 Å². The fraction of sp³-hybridized carbons (Fsp3) is 0.0500. The van der Waals surface area contributed by atoms with Gasteiger partial charge in [0.25, 0.3) is 11.8 Å². The number of amides is 2. The maximum absolute atomic E-state index is 12.8. The number of nitrogens with zero attached hydrogens (tertiary/aromatic N) is 2. The predicted molar refractivity (Wildman–Crippen MR) is 102 cm³/mol. The standard InChI is InChI=1S/C20H15N3O2S/c1-23-16-11-13(19(24)22-14-5-4-10-21-12-14)8-9-18(16)26-17-7-3-2-6-15(17)20(23)25/h2-12H,1H3,(H,22,24). The van der Waals surface area contributed by atoms with E-state index in [2.05, 4.69) is 10.3 Å². The zero-order chi connectivity index (χ0) is 18.1. The van der Waals surface area contributed by atoms with Crippen LogP contribution in [0.2, 0.25) is 0 Å². The molecule has 0 radical (unpaired) electrons. The monoisotopic (exact) mass is 361 g/mol. The molecular weight excluding hydrogens is 346 g/mol. The molecule has 6 heteroatoms. The van der Waals surface area contributed by atoms with Crippen LogP contribution in [0.1, 0.15) is 20.7 Å². The van der Waals surface area contributed by atoms with E-state index in [1.165, 1.54) is 11.8 Å². The van der Waals surface area contributed by atoms with E-state index >= 15 is 0 Å². The molecule has 128 valence electrons. The number of anilines is 2. The molecule has 0 fully saturated rings. The molecule has 0 saturated heterocycles. The third-order valence-corrected chi connectivity index (χ3v) is 5.28. The lowest BCUT2D eigenvalue weighted by molar-refractivity contribution is 0.0987. The highest BCUT2D eigenvalue weighted by Crippen LogP contribution is 2.41. The first-order chi connectivity index (χ1) is 12.6. The Morgan fingerprint density at radius 1 is 1.08 bits per heavy atom. The first-order valence-corrected chi connectivity index (χ1v) is 8.85. The molecule has 1 aliphatic rings. The second-order valence-corrected chi connectivity index (χ2v) is 6.92. The van der Waals surface area contributed by atoms with Gasteiger partial charge in [0.2, 0.25) is 0 Å². The number of rotatable bonds is 2. The minimum absolute atomic E-state index is 0.0864. The van der Waals surface area contributed by atoms with Gasteiger partial charge in [-0.15, -0.1) is 0 Å². The summed E-state index contributed by atoms with van der Waals surface area (Å²) in [5, 5.41) is 2.81. The molecule has 3 aromatic rings. The molecule has 0 spiro atoms. The van der Waals surface area contributed by atoms with E-state index in [1.807, 2.05) is 30.3 Å². The fourth-order valence-electron chi connectivity index (χ4n) is 2.79. The van der Waals surface area contributed by atoms with Crippen molar-refractivity contribution in [3.8, 4) is 0 Å². The number of pyridine rings is 1. The highest BCUT2D eigenvalue weighted by atomic mass is 32.2. The highest BCUT2D eigenvalue weighted by molar-refractivity contribution is 7.99. The Hall–Kier alpha value is -3.12. The predicted octanol–water partition coefficient (Wildman–Crippen LogP) is 4.08. The summed E-state index contributed by atoms with van der Waals surface area (Å²) < 4.78 is 0. The molecule has 4 rings (SSSR count). The lowest BCUT2D eigenvalue weighted by Crippen LogP contribution is -2.26. The van der Waals surface area contributed by atoms with E-state index in [1.54, 1.807) is 48.6 Å². The van der Waals surface area contributed by atoms with Crippen molar-refractivity contribution in [3.05, 3.63) is 78.1 Å². The molecule has 26 heavy (non-hydrogen) atoms. The van der Waals surface area contributed by atoms with Gasteiger partial charge in [-0.1, -0.05) is 23.9 Å². The largest absolute Gasteiger partial charge is 0.321 e. The minimum atomic E-state index is -0.242. The number of nitrogens with one attached hydrogen (secondary N) is 1. The molecule has 0 saturated carbocycles. The van der Waals surface area contributed by atoms with Crippen LogP contribution in [0, 0.1) is 0 Å². The smallest absolute Gasteiger partial charge is 0.259 e. The van der Waals surface area contributed by atoms with Crippen LogP contribution in [0.25, 0.3) is 0 Å². The van der Waals surface area contributed by atoms with Gasteiger partial charge >= 0.3 is 0 Å². The van der Waals surface area contributed by atoms with Crippen LogP contribution in [0.4, 0.5) is 11.4 Å². The molecule has 1 N–H and O–H groups in total. The molecular formula is C20H15N3O2S. The van der Waals surface area contributed by atoms with Crippen molar-refractivity contribution in [2.75, 3.05) is 17.3 Å². The minimum Gasteiger partial charge on any atom is -0.321 e. The number of fused-ring (bicyclic) bond motifs is 2. The molecule has 5 nitrogen and oxygen atoms in total. The Kier molecular flexibility index (Phi) is 4.18. The Balaban J connectivity index is 1.69. The molecule has 1 aliphatic heterocycles. The maximum Gasteiger partial charge on any atom is 0.259 e.